The predicted molar refractivity (Wildman–Crippen MR) is 68.3 cm³/mol. The Labute approximate surface area is 105 Å². The summed E-state index contributed by atoms with van der Waals surface area (Å²) in [6.07, 6.45) is 0.384. The number of carbonyl (C=O) groups is 2. The summed E-state index contributed by atoms with van der Waals surface area (Å²) in [6, 6.07) is 7.08. The molecule has 0 bridgehead atoms. The normalized spacial score (nSPS) is 16.8. The third kappa shape index (κ3) is 2.68. The molecule has 0 aliphatic carbocycles. The molecule has 2 N–H and O–H groups in total. The third-order valence-electron chi connectivity index (χ3n) is 2.88. The van der Waals surface area contributed by atoms with Gasteiger partial charge in [0, 0.05) is 24.3 Å². The van der Waals surface area contributed by atoms with Crippen LogP contribution in [0.25, 0.3) is 0 Å². The second-order valence-electron chi connectivity index (χ2n) is 4.36. The number of anilines is 2. The second-order valence-corrected chi connectivity index (χ2v) is 4.36. The van der Waals surface area contributed by atoms with Crippen LogP contribution in [0.4, 0.5) is 11.4 Å². The molecule has 1 aliphatic heterocycles. The van der Waals surface area contributed by atoms with Crippen LogP contribution >= 0.6 is 0 Å². The molecule has 0 radical (unpaired) electrons. The van der Waals surface area contributed by atoms with Gasteiger partial charge in [-0.1, -0.05) is 6.07 Å². The zero-order chi connectivity index (χ0) is 13.1. The van der Waals surface area contributed by atoms with Gasteiger partial charge in [0.05, 0.1) is 0 Å². The van der Waals surface area contributed by atoms with Crippen LogP contribution in [0.3, 0.4) is 0 Å². The highest BCUT2D eigenvalue weighted by molar-refractivity contribution is 5.97. The van der Waals surface area contributed by atoms with E-state index in [1.54, 1.807) is 23.1 Å². The van der Waals surface area contributed by atoms with Gasteiger partial charge in [-0.2, -0.15) is 0 Å². The largest absolute Gasteiger partial charge is 0.384 e. The molecule has 1 aromatic rings. The van der Waals surface area contributed by atoms with Crippen molar-refractivity contribution in [1.29, 1.82) is 0 Å². The van der Waals surface area contributed by atoms with E-state index in [1.807, 2.05) is 6.07 Å². The number of hydrogen-bond acceptors (Lipinski definition) is 3. The van der Waals surface area contributed by atoms with Gasteiger partial charge in [-0.15, -0.1) is 0 Å². The summed E-state index contributed by atoms with van der Waals surface area (Å²) in [6.45, 7) is 2.12. The summed E-state index contributed by atoms with van der Waals surface area (Å²) < 4.78 is 0. The van der Waals surface area contributed by atoms with Gasteiger partial charge in [-0.3, -0.25) is 9.59 Å². The molecule has 1 aliphatic rings. The Bertz CT molecular complexity index is 471. The first kappa shape index (κ1) is 12.6. The van der Waals surface area contributed by atoms with Gasteiger partial charge in [0.2, 0.25) is 5.91 Å². The molecule has 0 saturated carbocycles. The number of aliphatic hydroxyl groups is 1. The average Bonchev–Trinajstić information content (AvgIpc) is 2.75. The number of hydrogen-bond donors (Lipinski definition) is 2. The van der Waals surface area contributed by atoms with Gasteiger partial charge < -0.3 is 15.3 Å². The molecule has 2 rings (SSSR count). The Morgan fingerprint density at radius 1 is 1.50 bits per heavy atom. The Hall–Kier alpha value is -1.88. The van der Waals surface area contributed by atoms with Crippen LogP contribution in [0.15, 0.2) is 24.3 Å². The van der Waals surface area contributed by atoms with Crippen LogP contribution in [0, 0.1) is 0 Å². The van der Waals surface area contributed by atoms with Crippen LogP contribution in [0.2, 0.25) is 0 Å². The maximum atomic E-state index is 11.6. The summed E-state index contributed by atoms with van der Waals surface area (Å²) in [7, 11) is 0. The standard InChI is InChI=1S/C13H16N2O3/c1-9(16)13(18)14-10-4-2-5-11(8-10)15-7-3-6-12(15)17/h2,4-5,8-9,16H,3,6-7H2,1H3,(H,14,18). The van der Waals surface area contributed by atoms with E-state index < -0.39 is 12.0 Å². The summed E-state index contributed by atoms with van der Waals surface area (Å²) in [5, 5.41) is 11.7. The predicted octanol–water partition coefficient (Wildman–Crippen LogP) is 1.13. The van der Waals surface area contributed by atoms with Gasteiger partial charge in [-0.25, -0.2) is 0 Å². The minimum atomic E-state index is -1.05. The SMILES string of the molecule is CC(O)C(=O)Nc1cccc(N2CCCC2=O)c1. The number of carbonyl (C=O) groups excluding carboxylic acids is 2. The van der Waals surface area contributed by atoms with Crippen molar-refractivity contribution < 1.29 is 14.7 Å². The molecule has 0 spiro atoms. The van der Waals surface area contributed by atoms with Crippen LogP contribution in [0.1, 0.15) is 19.8 Å². The molecule has 0 aromatic heterocycles. The average molecular weight is 248 g/mol. The minimum Gasteiger partial charge on any atom is -0.384 e. The fourth-order valence-corrected chi connectivity index (χ4v) is 1.92. The van der Waals surface area contributed by atoms with Gasteiger partial charge in [-0.05, 0) is 31.5 Å². The molecule has 2 amide bonds. The molecule has 1 saturated heterocycles. The van der Waals surface area contributed by atoms with E-state index >= 15 is 0 Å². The van der Waals surface area contributed by atoms with Crippen LogP contribution in [0.5, 0.6) is 0 Å². The highest BCUT2D eigenvalue weighted by Gasteiger charge is 2.21. The van der Waals surface area contributed by atoms with E-state index in [1.165, 1.54) is 6.92 Å². The maximum Gasteiger partial charge on any atom is 0.252 e. The van der Waals surface area contributed by atoms with Crippen molar-refractivity contribution >= 4 is 23.2 Å². The van der Waals surface area contributed by atoms with Crippen molar-refractivity contribution in [2.75, 3.05) is 16.8 Å². The first-order chi connectivity index (χ1) is 8.58. The topological polar surface area (TPSA) is 69.6 Å². The Morgan fingerprint density at radius 2 is 2.28 bits per heavy atom. The first-order valence-electron chi connectivity index (χ1n) is 5.97. The van der Waals surface area contributed by atoms with Crippen molar-refractivity contribution in [3.05, 3.63) is 24.3 Å². The van der Waals surface area contributed by atoms with E-state index in [4.69, 9.17) is 5.11 Å². The van der Waals surface area contributed by atoms with Gasteiger partial charge in [0.1, 0.15) is 6.10 Å². The number of benzene rings is 1. The monoisotopic (exact) mass is 248 g/mol. The summed E-state index contributed by atoms with van der Waals surface area (Å²) in [5.74, 6) is -0.353. The summed E-state index contributed by atoms with van der Waals surface area (Å²) in [5.41, 5.74) is 1.36. The van der Waals surface area contributed by atoms with Crippen LogP contribution in [-0.4, -0.2) is 29.6 Å². The molecular formula is C13H16N2O3. The van der Waals surface area contributed by atoms with Crippen LogP contribution in [-0.2, 0) is 9.59 Å². The Morgan fingerprint density at radius 3 is 2.89 bits per heavy atom. The highest BCUT2D eigenvalue weighted by Crippen LogP contribution is 2.24. The molecule has 1 fully saturated rings. The van der Waals surface area contributed by atoms with E-state index in [2.05, 4.69) is 5.32 Å². The van der Waals surface area contributed by atoms with E-state index in [0.29, 0.717) is 18.7 Å². The smallest absolute Gasteiger partial charge is 0.252 e. The second kappa shape index (κ2) is 5.18. The van der Waals surface area contributed by atoms with Crippen molar-refractivity contribution in [2.45, 2.75) is 25.9 Å². The summed E-state index contributed by atoms with van der Waals surface area (Å²) in [4.78, 5) is 24.7. The number of nitrogens with zero attached hydrogens (tertiary/aromatic N) is 1. The fourth-order valence-electron chi connectivity index (χ4n) is 1.92. The van der Waals surface area contributed by atoms with Crippen molar-refractivity contribution in [1.82, 2.24) is 0 Å². The van der Waals surface area contributed by atoms with Gasteiger partial charge in [0.15, 0.2) is 0 Å². The molecule has 5 heteroatoms. The van der Waals surface area contributed by atoms with E-state index in [-0.39, 0.29) is 5.91 Å². The molecule has 1 aromatic carbocycles. The van der Waals surface area contributed by atoms with Crippen molar-refractivity contribution in [2.24, 2.45) is 0 Å². The van der Waals surface area contributed by atoms with Gasteiger partial charge >= 0.3 is 0 Å². The Balaban J connectivity index is 2.15. The van der Waals surface area contributed by atoms with Crippen molar-refractivity contribution in [3.8, 4) is 0 Å². The lowest BCUT2D eigenvalue weighted by Gasteiger charge is -2.17. The third-order valence-corrected chi connectivity index (χ3v) is 2.88. The lowest BCUT2D eigenvalue weighted by atomic mass is 10.2. The molecule has 1 unspecified atom stereocenters. The Kier molecular flexibility index (Phi) is 3.62. The number of rotatable bonds is 3. The molecular weight excluding hydrogens is 232 g/mol. The summed E-state index contributed by atoms with van der Waals surface area (Å²) >= 11 is 0. The molecule has 1 heterocycles. The quantitative estimate of drug-likeness (QED) is 0.842. The first-order valence-corrected chi connectivity index (χ1v) is 5.97. The molecule has 18 heavy (non-hydrogen) atoms. The molecule has 5 nitrogen and oxygen atoms in total. The highest BCUT2D eigenvalue weighted by atomic mass is 16.3. The molecule has 96 valence electrons. The lowest BCUT2D eigenvalue weighted by Crippen LogP contribution is -2.25. The van der Waals surface area contributed by atoms with Crippen molar-refractivity contribution in [3.63, 3.8) is 0 Å². The zero-order valence-corrected chi connectivity index (χ0v) is 10.2. The number of nitrogens with one attached hydrogen (secondary N) is 1. The zero-order valence-electron chi connectivity index (χ0n) is 10.2. The number of aliphatic hydroxyl groups excluding tert-OH is 1. The van der Waals surface area contributed by atoms with Gasteiger partial charge in [0.25, 0.3) is 5.91 Å². The fraction of sp³-hybridized carbons (Fsp3) is 0.385. The maximum absolute atomic E-state index is 11.6. The number of amides is 2. The van der Waals surface area contributed by atoms with E-state index in [9.17, 15) is 9.59 Å². The lowest BCUT2D eigenvalue weighted by molar-refractivity contribution is -0.123. The van der Waals surface area contributed by atoms with Crippen LogP contribution < -0.4 is 10.2 Å². The molecule has 1 atom stereocenters. The van der Waals surface area contributed by atoms with E-state index in [0.717, 1.165) is 12.1 Å². The minimum absolute atomic E-state index is 0.106.